The first kappa shape index (κ1) is 15.7. The number of nitrogens with zero attached hydrogens (tertiary/aromatic N) is 1. The molecule has 0 atom stereocenters. The van der Waals surface area contributed by atoms with E-state index in [1.165, 1.54) is 6.42 Å². The third kappa shape index (κ3) is 4.39. The molecule has 102 valence electrons. The van der Waals surface area contributed by atoms with Crippen molar-refractivity contribution >= 4 is 30.1 Å². The highest BCUT2D eigenvalue weighted by Gasteiger charge is 2.08. The van der Waals surface area contributed by atoms with Crippen LogP contribution in [0.5, 0.6) is 0 Å². The summed E-state index contributed by atoms with van der Waals surface area (Å²) in [6, 6.07) is 0. The quantitative estimate of drug-likeness (QED) is 0.555. The Morgan fingerprint density at radius 3 is 2.50 bits per heavy atom. The molecule has 1 aromatic rings. The molecule has 0 unspecified atom stereocenters. The maximum absolute atomic E-state index is 5.56. The van der Waals surface area contributed by atoms with E-state index in [0.29, 0.717) is 6.61 Å². The molecule has 0 heterocycles. The molecule has 0 aliphatic heterocycles. The second-order valence-corrected chi connectivity index (χ2v) is 5.32. The molecule has 1 N–H and O–H groups in total. The fraction of sp³-hybridized carbons (Fsp3) is 0.692. The molecule has 0 fully saturated rings. The third-order valence-electron chi connectivity index (χ3n) is 2.92. The third-order valence-corrected chi connectivity index (χ3v) is 3.97. The number of likely N-dealkylation sites (N-methyl/N-ethyl adjacent to an activating group) is 1. The van der Waals surface area contributed by atoms with Gasteiger partial charge in [-0.25, -0.2) is 0 Å². The molecule has 0 aliphatic rings. The topological polar surface area (TPSA) is 24.5 Å². The van der Waals surface area contributed by atoms with Gasteiger partial charge in [-0.05, 0) is 32.5 Å². The van der Waals surface area contributed by atoms with Crippen LogP contribution < -0.4 is 5.32 Å². The highest BCUT2D eigenvalue weighted by atomic mass is 32.1. The predicted molar refractivity (Wildman–Crippen MR) is 82.3 cm³/mol. The van der Waals surface area contributed by atoms with Crippen molar-refractivity contribution in [3.8, 4) is 0 Å². The Kier molecular flexibility index (Phi) is 6.92. The minimum absolute atomic E-state index is 0.701. The lowest BCUT2D eigenvalue weighted by atomic mass is 10.1. The second-order valence-electron chi connectivity index (χ2n) is 4.50. The maximum Gasteiger partial charge on any atom is 0.0795 e. The van der Waals surface area contributed by atoms with E-state index in [9.17, 15) is 0 Å². The van der Waals surface area contributed by atoms with Gasteiger partial charge < -0.3 is 15.0 Å². The largest absolute Gasteiger partial charge is 0.381 e. The average molecular weight is 286 g/mol. The summed E-state index contributed by atoms with van der Waals surface area (Å²) in [6.07, 6.45) is 1.18. The molecule has 18 heavy (non-hydrogen) atoms. The molecule has 3 nitrogen and oxygen atoms in total. The van der Waals surface area contributed by atoms with E-state index >= 15 is 0 Å². The van der Waals surface area contributed by atoms with Crippen LogP contribution in [0.25, 0.3) is 0 Å². The van der Waals surface area contributed by atoms with Gasteiger partial charge in [0.1, 0.15) is 0 Å². The summed E-state index contributed by atoms with van der Waals surface area (Å²) in [5.41, 5.74) is 2.14. The molecule has 0 radical (unpaired) electrons. The lowest BCUT2D eigenvalue weighted by Gasteiger charge is -2.16. The lowest BCUT2D eigenvalue weighted by molar-refractivity contribution is 0.119. The molecule has 1 rings (SSSR count). The van der Waals surface area contributed by atoms with Crippen molar-refractivity contribution in [1.29, 1.82) is 0 Å². The normalized spacial score (nSPS) is 11.3. The van der Waals surface area contributed by atoms with Crippen molar-refractivity contribution in [2.45, 2.75) is 20.3 Å². The van der Waals surface area contributed by atoms with Crippen LogP contribution in [0.1, 0.15) is 18.9 Å². The summed E-state index contributed by atoms with van der Waals surface area (Å²) in [5, 5.41) is 3.27. The number of anilines is 1. The van der Waals surface area contributed by atoms with Gasteiger partial charge in [-0.2, -0.15) is 0 Å². The van der Waals surface area contributed by atoms with Crippen LogP contribution >= 0.6 is 24.4 Å². The number of hydrogen-bond donors (Lipinski definition) is 1. The zero-order valence-electron chi connectivity index (χ0n) is 11.4. The standard InChI is InChI=1S/C13H22N2OS2/c1-4-6-15(3)7-9-16-8-5-14-11-10(2)12(17)13(11)18/h14H,4-9H2,1-3H3. The van der Waals surface area contributed by atoms with Gasteiger partial charge in [-0.15, -0.1) is 0 Å². The van der Waals surface area contributed by atoms with Crippen molar-refractivity contribution in [3.05, 3.63) is 14.6 Å². The first-order valence-electron chi connectivity index (χ1n) is 6.38. The van der Waals surface area contributed by atoms with Gasteiger partial charge in [0.25, 0.3) is 0 Å². The Morgan fingerprint density at radius 1 is 1.17 bits per heavy atom. The van der Waals surface area contributed by atoms with E-state index in [0.717, 1.165) is 46.5 Å². The van der Waals surface area contributed by atoms with Gasteiger partial charge in [-0.3, -0.25) is 0 Å². The monoisotopic (exact) mass is 286 g/mol. The van der Waals surface area contributed by atoms with Gasteiger partial charge >= 0.3 is 0 Å². The first-order valence-corrected chi connectivity index (χ1v) is 7.19. The second kappa shape index (κ2) is 7.94. The Bertz CT molecular complexity index is 438. The van der Waals surface area contributed by atoms with Gasteiger partial charge in [0, 0.05) is 13.1 Å². The zero-order valence-corrected chi connectivity index (χ0v) is 13.0. The van der Waals surface area contributed by atoms with Gasteiger partial charge in [0.05, 0.1) is 27.9 Å². The van der Waals surface area contributed by atoms with Gasteiger partial charge in [0.2, 0.25) is 0 Å². The Balaban J connectivity index is 2.06. The van der Waals surface area contributed by atoms with E-state index in [1.807, 2.05) is 6.92 Å². The molecule has 0 saturated carbocycles. The molecule has 0 saturated heterocycles. The van der Waals surface area contributed by atoms with Crippen LogP contribution in [-0.4, -0.2) is 44.8 Å². The van der Waals surface area contributed by atoms with Crippen molar-refractivity contribution in [3.63, 3.8) is 0 Å². The number of rotatable bonds is 9. The van der Waals surface area contributed by atoms with Crippen LogP contribution in [0.4, 0.5) is 5.69 Å². The van der Waals surface area contributed by atoms with E-state index in [1.54, 1.807) is 0 Å². The minimum atomic E-state index is 0.701. The summed E-state index contributed by atoms with van der Waals surface area (Å²) >= 11 is 10.3. The molecular weight excluding hydrogens is 264 g/mol. The van der Waals surface area contributed by atoms with Gasteiger partial charge in [-0.1, -0.05) is 31.4 Å². The Labute approximate surface area is 120 Å². The van der Waals surface area contributed by atoms with E-state index in [2.05, 4.69) is 24.2 Å². The van der Waals surface area contributed by atoms with Crippen LogP contribution in [0.15, 0.2) is 0 Å². The van der Waals surface area contributed by atoms with Crippen LogP contribution in [0, 0.1) is 15.9 Å². The van der Waals surface area contributed by atoms with E-state index in [4.69, 9.17) is 29.2 Å². The summed E-state index contributed by atoms with van der Waals surface area (Å²) in [5.74, 6) is 0. The molecule has 5 heteroatoms. The van der Waals surface area contributed by atoms with Crippen LogP contribution in [0.3, 0.4) is 0 Å². The molecule has 0 spiro atoms. The van der Waals surface area contributed by atoms with E-state index in [-0.39, 0.29) is 0 Å². The predicted octanol–water partition coefficient (Wildman–Crippen LogP) is 3.10. The maximum atomic E-state index is 5.56. The lowest BCUT2D eigenvalue weighted by Crippen LogP contribution is -2.24. The molecule has 0 amide bonds. The van der Waals surface area contributed by atoms with E-state index < -0.39 is 0 Å². The Hall–Kier alpha value is -0.360. The van der Waals surface area contributed by atoms with Gasteiger partial charge in [0.15, 0.2) is 0 Å². The fourth-order valence-corrected chi connectivity index (χ4v) is 2.36. The fourth-order valence-electron chi connectivity index (χ4n) is 1.78. The van der Waals surface area contributed by atoms with Crippen molar-refractivity contribution < 1.29 is 4.74 Å². The smallest absolute Gasteiger partial charge is 0.0795 e. The van der Waals surface area contributed by atoms with Crippen molar-refractivity contribution in [1.82, 2.24) is 4.90 Å². The SMILES string of the molecule is CCCN(C)CCOCCNc1c(C)c(=S)c1=S. The number of hydrogen-bond acceptors (Lipinski definition) is 5. The Morgan fingerprint density at radius 2 is 1.89 bits per heavy atom. The van der Waals surface area contributed by atoms with Crippen molar-refractivity contribution in [2.75, 3.05) is 45.2 Å². The molecule has 0 aliphatic carbocycles. The van der Waals surface area contributed by atoms with Crippen molar-refractivity contribution in [2.24, 2.45) is 0 Å². The summed E-state index contributed by atoms with van der Waals surface area (Å²) < 4.78 is 7.19. The summed E-state index contributed by atoms with van der Waals surface area (Å²) in [7, 11) is 2.12. The molecule has 0 aromatic heterocycles. The van der Waals surface area contributed by atoms with Crippen LogP contribution in [-0.2, 0) is 4.74 Å². The van der Waals surface area contributed by atoms with Crippen LogP contribution in [0.2, 0.25) is 0 Å². The number of nitrogens with one attached hydrogen (secondary N) is 1. The highest BCUT2D eigenvalue weighted by molar-refractivity contribution is 7.74. The minimum Gasteiger partial charge on any atom is -0.381 e. The zero-order chi connectivity index (χ0) is 13.5. The molecule has 0 bridgehead atoms. The highest BCUT2D eigenvalue weighted by Crippen LogP contribution is 2.24. The first-order chi connectivity index (χ1) is 8.57. The summed E-state index contributed by atoms with van der Waals surface area (Å²) in [6.45, 7) is 8.56. The molecule has 1 aromatic carbocycles. The molecular formula is C13H22N2OS2. The number of ether oxygens (including phenoxy) is 1. The average Bonchev–Trinajstić information content (AvgIpc) is 2.37. The summed E-state index contributed by atoms with van der Waals surface area (Å²) in [4.78, 5) is 2.28.